The van der Waals surface area contributed by atoms with Crippen molar-refractivity contribution < 1.29 is 24.5 Å². The molecule has 0 spiro atoms. The van der Waals surface area contributed by atoms with Gasteiger partial charge in [0.15, 0.2) is 0 Å². The summed E-state index contributed by atoms with van der Waals surface area (Å²) in [6, 6.07) is -0.310. The van der Waals surface area contributed by atoms with Crippen LogP contribution in [0.4, 0.5) is 0 Å². The number of β-amino-alcohol motifs (C(OH)–C–C–N with tert-alkyl or cyclic N) is 1. The maximum Gasteiger partial charge on any atom is 0.222 e. The fraction of sp³-hybridized carbons (Fsp3) is 0.935. The van der Waals surface area contributed by atoms with E-state index >= 15 is 0 Å². The van der Waals surface area contributed by atoms with E-state index in [1.54, 1.807) is 4.90 Å². The van der Waals surface area contributed by atoms with E-state index in [0.717, 1.165) is 19.3 Å². The summed E-state index contributed by atoms with van der Waals surface area (Å²) in [5.74, 6) is 0.0631. The van der Waals surface area contributed by atoms with Gasteiger partial charge in [0.2, 0.25) is 11.8 Å². The van der Waals surface area contributed by atoms with Gasteiger partial charge in [-0.05, 0) is 39.5 Å². The van der Waals surface area contributed by atoms with Crippen molar-refractivity contribution in [2.75, 3.05) is 19.8 Å². The lowest BCUT2D eigenvalue weighted by molar-refractivity contribution is -0.134. The quantitative estimate of drug-likeness (QED) is 0.133. The van der Waals surface area contributed by atoms with Gasteiger partial charge in [-0.15, -0.1) is 0 Å². The van der Waals surface area contributed by atoms with E-state index in [2.05, 4.69) is 12.2 Å². The average molecular weight is 541 g/mol. The Morgan fingerprint density at radius 1 is 0.868 bits per heavy atom. The van der Waals surface area contributed by atoms with Crippen molar-refractivity contribution in [3.8, 4) is 0 Å². The normalized spacial score (nSPS) is 18.3. The Labute approximate surface area is 233 Å². The maximum atomic E-state index is 12.7. The van der Waals surface area contributed by atoms with Crippen molar-refractivity contribution in [1.82, 2.24) is 10.2 Å². The third-order valence-electron chi connectivity index (χ3n) is 7.62. The number of aliphatic hydroxyl groups is 2. The van der Waals surface area contributed by atoms with Crippen LogP contribution in [-0.2, 0) is 14.3 Å². The molecule has 0 aliphatic carbocycles. The number of ether oxygens (including phenoxy) is 1. The number of unbranched alkanes of at least 4 members (excludes halogenated alkanes) is 13. The number of nitrogens with zero attached hydrogens (tertiary/aromatic N) is 1. The Morgan fingerprint density at radius 2 is 1.42 bits per heavy atom. The molecular weight excluding hydrogens is 480 g/mol. The molecule has 0 radical (unpaired) electrons. The predicted octanol–water partition coefficient (Wildman–Crippen LogP) is 5.89. The Balaban J connectivity index is 2.05. The molecular formula is C31H60N2O5. The number of hydrogen-bond donors (Lipinski definition) is 3. The van der Waals surface area contributed by atoms with Crippen LogP contribution in [0.2, 0.25) is 0 Å². The van der Waals surface area contributed by atoms with Crippen LogP contribution in [-0.4, -0.2) is 71.0 Å². The molecule has 1 unspecified atom stereocenters. The molecule has 1 rings (SSSR count). The zero-order valence-corrected chi connectivity index (χ0v) is 24.9. The first-order valence-electron chi connectivity index (χ1n) is 15.9. The second-order valence-corrected chi connectivity index (χ2v) is 11.7. The number of carbonyl (C=O) groups excluding carboxylic acids is 2. The minimum absolute atomic E-state index is 0.0160. The van der Waals surface area contributed by atoms with Crippen molar-refractivity contribution in [3.05, 3.63) is 0 Å². The van der Waals surface area contributed by atoms with Crippen molar-refractivity contribution in [2.45, 2.75) is 167 Å². The molecule has 0 bridgehead atoms. The molecule has 7 nitrogen and oxygen atoms in total. The van der Waals surface area contributed by atoms with Crippen LogP contribution in [0.15, 0.2) is 0 Å². The monoisotopic (exact) mass is 540 g/mol. The second-order valence-electron chi connectivity index (χ2n) is 11.7. The van der Waals surface area contributed by atoms with E-state index in [1.165, 1.54) is 70.6 Å². The van der Waals surface area contributed by atoms with Crippen molar-refractivity contribution in [1.29, 1.82) is 0 Å². The van der Waals surface area contributed by atoms with Crippen LogP contribution in [0.1, 0.15) is 143 Å². The topological polar surface area (TPSA) is 99.1 Å². The zero-order chi connectivity index (χ0) is 28.0. The summed E-state index contributed by atoms with van der Waals surface area (Å²) in [5, 5.41) is 22.6. The number of hydrogen-bond acceptors (Lipinski definition) is 5. The van der Waals surface area contributed by atoms with Crippen LogP contribution >= 0.6 is 0 Å². The summed E-state index contributed by atoms with van der Waals surface area (Å²) in [7, 11) is 0. The fourth-order valence-electron chi connectivity index (χ4n) is 5.28. The number of carbonyl (C=O) groups is 2. The summed E-state index contributed by atoms with van der Waals surface area (Å²) in [4.78, 5) is 26.7. The lowest BCUT2D eigenvalue weighted by atomic mass is 10.0. The molecule has 1 saturated heterocycles. The zero-order valence-electron chi connectivity index (χ0n) is 24.9. The number of rotatable bonds is 24. The highest BCUT2D eigenvalue weighted by Gasteiger charge is 2.34. The van der Waals surface area contributed by atoms with Crippen LogP contribution < -0.4 is 5.32 Å². The van der Waals surface area contributed by atoms with Gasteiger partial charge in [0.25, 0.3) is 0 Å². The van der Waals surface area contributed by atoms with E-state index in [1.807, 2.05) is 13.8 Å². The molecule has 3 N–H and O–H groups in total. The summed E-state index contributed by atoms with van der Waals surface area (Å²) in [6.07, 6.45) is 19.9. The number of aliphatic hydroxyl groups excluding tert-OH is 2. The minimum atomic E-state index is -0.483. The average Bonchev–Trinajstić information content (AvgIpc) is 3.27. The van der Waals surface area contributed by atoms with Gasteiger partial charge in [-0.3, -0.25) is 9.59 Å². The first-order valence-corrected chi connectivity index (χ1v) is 15.9. The van der Waals surface area contributed by atoms with Gasteiger partial charge < -0.3 is 25.2 Å². The standard InChI is InChI=1S/C31H60N2O5/c1-4-5-6-7-8-9-10-11-12-13-14-15-16-20-30(36)32-27(24-34)19-17-18-21-31(37)33-23-29(35)22-28(33)25-38-26(2)3/h26-29,34-35H,4-25H2,1-3H3,(H,32,36)/t27?,28-,29+/m0/s1. The Hall–Kier alpha value is -1.18. The van der Waals surface area contributed by atoms with Crippen LogP contribution in [0.25, 0.3) is 0 Å². The molecule has 1 aliphatic heterocycles. The van der Waals surface area contributed by atoms with Crippen molar-refractivity contribution in [3.63, 3.8) is 0 Å². The summed E-state index contributed by atoms with van der Waals surface area (Å²) >= 11 is 0. The van der Waals surface area contributed by atoms with Gasteiger partial charge in [0.1, 0.15) is 0 Å². The highest BCUT2D eigenvalue weighted by molar-refractivity contribution is 5.77. The molecule has 0 saturated carbocycles. The predicted molar refractivity (Wildman–Crippen MR) is 155 cm³/mol. The molecule has 38 heavy (non-hydrogen) atoms. The van der Waals surface area contributed by atoms with Crippen LogP contribution in [0.3, 0.4) is 0 Å². The first kappa shape index (κ1) is 34.8. The van der Waals surface area contributed by atoms with Gasteiger partial charge in [-0.1, -0.05) is 90.4 Å². The van der Waals surface area contributed by atoms with Gasteiger partial charge in [-0.25, -0.2) is 0 Å². The lowest BCUT2D eigenvalue weighted by Crippen LogP contribution is -2.39. The van der Waals surface area contributed by atoms with E-state index in [9.17, 15) is 19.8 Å². The van der Waals surface area contributed by atoms with Gasteiger partial charge in [0.05, 0.1) is 37.5 Å². The van der Waals surface area contributed by atoms with Gasteiger partial charge >= 0.3 is 0 Å². The number of nitrogens with one attached hydrogen (secondary N) is 1. The molecule has 1 fully saturated rings. The Morgan fingerprint density at radius 3 is 1.97 bits per heavy atom. The molecule has 0 aromatic rings. The smallest absolute Gasteiger partial charge is 0.222 e. The molecule has 224 valence electrons. The third-order valence-corrected chi connectivity index (χ3v) is 7.62. The molecule has 0 aromatic heterocycles. The van der Waals surface area contributed by atoms with Crippen LogP contribution in [0, 0.1) is 0 Å². The molecule has 1 heterocycles. The van der Waals surface area contributed by atoms with E-state index in [0.29, 0.717) is 45.3 Å². The van der Waals surface area contributed by atoms with Crippen molar-refractivity contribution >= 4 is 11.8 Å². The highest BCUT2D eigenvalue weighted by atomic mass is 16.5. The number of likely N-dealkylation sites (tertiary alicyclic amines) is 1. The van der Waals surface area contributed by atoms with Crippen LogP contribution in [0.5, 0.6) is 0 Å². The molecule has 3 atom stereocenters. The van der Waals surface area contributed by atoms with Crippen molar-refractivity contribution in [2.24, 2.45) is 0 Å². The summed E-state index contributed by atoms with van der Waals surface area (Å²) < 4.78 is 5.67. The minimum Gasteiger partial charge on any atom is -0.394 e. The number of amides is 2. The van der Waals surface area contributed by atoms with Gasteiger partial charge in [0, 0.05) is 19.4 Å². The largest absolute Gasteiger partial charge is 0.394 e. The Kier molecular flexibility index (Phi) is 20.7. The molecule has 0 aromatic carbocycles. The molecule has 1 aliphatic rings. The van der Waals surface area contributed by atoms with Gasteiger partial charge in [-0.2, -0.15) is 0 Å². The summed E-state index contributed by atoms with van der Waals surface area (Å²) in [6.45, 7) is 6.94. The molecule has 7 heteroatoms. The SMILES string of the molecule is CCCCCCCCCCCCCCCC(=O)NC(CO)CCCCC(=O)N1C[C@H](O)C[C@H]1COC(C)C. The van der Waals surface area contributed by atoms with E-state index < -0.39 is 6.10 Å². The molecule has 2 amide bonds. The lowest BCUT2D eigenvalue weighted by Gasteiger charge is -2.25. The Bertz CT molecular complexity index is 601. The van der Waals surface area contributed by atoms with E-state index in [4.69, 9.17) is 4.74 Å². The maximum absolute atomic E-state index is 12.7. The third kappa shape index (κ3) is 17.4. The van der Waals surface area contributed by atoms with E-state index in [-0.39, 0.29) is 36.6 Å². The second kappa shape index (κ2) is 22.6. The fourth-order valence-corrected chi connectivity index (χ4v) is 5.28. The highest BCUT2D eigenvalue weighted by Crippen LogP contribution is 2.21. The first-order chi connectivity index (χ1) is 18.4. The summed E-state index contributed by atoms with van der Waals surface area (Å²) in [5.41, 5.74) is 0.